The topological polar surface area (TPSA) is 102 Å². The number of esters is 1. The number of nitrogens with one attached hydrogen (secondary N) is 1. The lowest BCUT2D eigenvalue weighted by molar-refractivity contribution is -0.384. The van der Waals surface area contributed by atoms with Gasteiger partial charge in [-0.25, -0.2) is 4.79 Å². The number of hydrogen-bond donors (Lipinski definition) is 1. The first-order valence-corrected chi connectivity index (χ1v) is 9.01. The lowest BCUT2D eigenvalue weighted by Gasteiger charge is -2.22. The minimum Gasteiger partial charge on any atom is -0.465 e. The molecule has 1 aliphatic heterocycles. The van der Waals surface area contributed by atoms with E-state index in [0.29, 0.717) is 11.3 Å². The van der Waals surface area contributed by atoms with E-state index in [0.717, 1.165) is 37.7 Å². The third-order valence-electron chi connectivity index (χ3n) is 4.52. The molecule has 1 saturated heterocycles. The summed E-state index contributed by atoms with van der Waals surface area (Å²) in [6.07, 6.45) is 2.08. The molecule has 0 saturated carbocycles. The van der Waals surface area contributed by atoms with Crippen molar-refractivity contribution in [2.45, 2.75) is 12.8 Å². The van der Waals surface area contributed by atoms with E-state index in [1.807, 2.05) is 0 Å². The van der Waals surface area contributed by atoms with Crippen LogP contribution in [0.1, 0.15) is 33.6 Å². The van der Waals surface area contributed by atoms with E-state index in [1.54, 1.807) is 18.2 Å². The largest absolute Gasteiger partial charge is 0.465 e. The third kappa shape index (κ3) is 4.07. The van der Waals surface area contributed by atoms with Gasteiger partial charge in [0.1, 0.15) is 0 Å². The van der Waals surface area contributed by atoms with Crippen LogP contribution in [-0.2, 0) is 4.74 Å². The molecule has 0 aliphatic carbocycles. The summed E-state index contributed by atoms with van der Waals surface area (Å²) in [5.74, 6) is -1.04. The van der Waals surface area contributed by atoms with Crippen molar-refractivity contribution in [2.24, 2.45) is 0 Å². The zero-order valence-corrected chi connectivity index (χ0v) is 15.9. The van der Waals surface area contributed by atoms with Gasteiger partial charge in [0.25, 0.3) is 11.6 Å². The fourth-order valence-electron chi connectivity index (χ4n) is 3.11. The minimum absolute atomic E-state index is 0.0291. The number of non-ortho nitro benzene ring substituents is 1. The Morgan fingerprint density at radius 2 is 1.89 bits per heavy atom. The number of benzene rings is 2. The summed E-state index contributed by atoms with van der Waals surface area (Å²) in [5, 5.41) is 13.6. The molecule has 0 aromatic heterocycles. The van der Waals surface area contributed by atoms with Gasteiger partial charge in [-0.15, -0.1) is 0 Å². The highest BCUT2D eigenvalue weighted by molar-refractivity contribution is 6.34. The van der Waals surface area contributed by atoms with Gasteiger partial charge in [0, 0.05) is 25.2 Å². The maximum atomic E-state index is 12.7. The first-order valence-electron chi connectivity index (χ1n) is 8.63. The van der Waals surface area contributed by atoms with E-state index < -0.39 is 16.8 Å². The molecule has 9 heteroatoms. The number of anilines is 2. The highest BCUT2D eigenvalue weighted by Gasteiger charge is 2.21. The Kier molecular flexibility index (Phi) is 5.79. The quantitative estimate of drug-likeness (QED) is 0.461. The van der Waals surface area contributed by atoms with Crippen LogP contribution in [0.3, 0.4) is 0 Å². The fraction of sp³-hybridized carbons (Fsp3) is 0.263. The molecule has 0 atom stereocenters. The monoisotopic (exact) mass is 403 g/mol. The standard InChI is InChI=1S/C19H18ClN3O5/c1-28-19(25)12-4-7-17(22-8-2-3-9-22)16(10-12)21-18(24)14-6-5-13(23(26)27)11-15(14)20/h4-7,10-11H,2-3,8-9H2,1H3,(H,21,24). The Morgan fingerprint density at radius 1 is 1.18 bits per heavy atom. The number of carbonyl (C=O) groups is 2. The molecule has 28 heavy (non-hydrogen) atoms. The second-order valence-electron chi connectivity index (χ2n) is 6.29. The summed E-state index contributed by atoms with van der Waals surface area (Å²) in [6.45, 7) is 1.69. The molecule has 0 radical (unpaired) electrons. The van der Waals surface area contributed by atoms with E-state index in [4.69, 9.17) is 16.3 Å². The van der Waals surface area contributed by atoms with Gasteiger partial charge in [-0.05, 0) is 37.1 Å². The number of rotatable bonds is 5. The van der Waals surface area contributed by atoms with Gasteiger partial charge in [0.2, 0.25) is 0 Å². The Balaban J connectivity index is 1.94. The van der Waals surface area contributed by atoms with E-state index in [-0.39, 0.29) is 16.3 Å². The summed E-state index contributed by atoms with van der Waals surface area (Å²) >= 11 is 6.06. The number of nitro groups is 1. The molecule has 1 fully saturated rings. The molecule has 1 amide bonds. The smallest absolute Gasteiger partial charge is 0.337 e. The molecule has 1 N–H and O–H groups in total. The minimum atomic E-state index is -0.584. The molecule has 2 aromatic carbocycles. The van der Waals surface area contributed by atoms with Gasteiger partial charge < -0.3 is 15.0 Å². The van der Waals surface area contributed by atoms with Crippen LogP contribution in [0, 0.1) is 10.1 Å². The molecular weight excluding hydrogens is 386 g/mol. The molecule has 8 nitrogen and oxygen atoms in total. The normalized spacial score (nSPS) is 13.3. The number of hydrogen-bond acceptors (Lipinski definition) is 6. The van der Waals surface area contributed by atoms with E-state index in [2.05, 4.69) is 10.2 Å². The van der Waals surface area contributed by atoms with Gasteiger partial charge in [-0.2, -0.15) is 0 Å². The highest BCUT2D eigenvalue weighted by Crippen LogP contribution is 2.31. The maximum Gasteiger partial charge on any atom is 0.337 e. The van der Waals surface area contributed by atoms with Crippen molar-refractivity contribution in [1.29, 1.82) is 0 Å². The van der Waals surface area contributed by atoms with Crippen molar-refractivity contribution in [1.82, 2.24) is 0 Å². The number of halogens is 1. The molecule has 0 unspecified atom stereocenters. The van der Waals surface area contributed by atoms with Crippen molar-refractivity contribution in [3.63, 3.8) is 0 Å². The SMILES string of the molecule is COC(=O)c1ccc(N2CCCC2)c(NC(=O)c2ccc([N+](=O)[O-])cc2Cl)c1. The van der Waals surface area contributed by atoms with E-state index in [9.17, 15) is 19.7 Å². The molecule has 0 spiro atoms. The second-order valence-corrected chi connectivity index (χ2v) is 6.70. The molecule has 1 heterocycles. The summed E-state index contributed by atoms with van der Waals surface area (Å²) < 4.78 is 4.75. The predicted octanol–water partition coefficient (Wildman–Crippen LogP) is 3.89. The molecule has 0 bridgehead atoms. The number of ether oxygens (including phenoxy) is 1. The van der Waals surface area contributed by atoms with Gasteiger partial charge >= 0.3 is 5.97 Å². The summed E-state index contributed by atoms with van der Waals surface area (Å²) in [5.41, 5.74) is 1.44. The summed E-state index contributed by atoms with van der Waals surface area (Å²) in [7, 11) is 1.28. The Hall–Kier alpha value is -3.13. The summed E-state index contributed by atoms with van der Waals surface area (Å²) in [4.78, 5) is 37.0. The average molecular weight is 404 g/mol. The van der Waals surface area contributed by atoms with Crippen LogP contribution in [0.5, 0.6) is 0 Å². The molecule has 146 valence electrons. The van der Waals surface area contributed by atoms with Gasteiger partial charge in [-0.1, -0.05) is 11.6 Å². The lowest BCUT2D eigenvalue weighted by Crippen LogP contribution is -2.22. The Labute approximate surface area is 166 Å². The van der Waals surface area contributed by atoms with Crippen molar-refractivity contribution in [3.05, 3.63) is 62.7 Å². The van der Waals surface area contributed by atoms with Crippen LogP contribution in [0.25, 0.3) is 0 Å². The predicted molar refractivity (Wildman–Crippen MR) is 105 cm³/mol. The molecule has 3 rings (SSSR count). The van der Waals surface area contributed by atoms with Crippen LogP contribution in [0.4, 0.5) is 17.1 Å². The van der Waals surface area contributed by atoms with Crippen molar-refractivity contribution in [2.75, 3.05) is 30.4 Å². The van der Waals surface area contributed by atoms with Crippen molar-refractivity contribution >= 4 is 40.5 Å². The van der Waals surface area contributed by atoms with Crippen LogP contribution >= 0.6 is 11.6 Å². The van der Waals surface area contributed by atoms with Gasteiger partial charge in [-0.3, -0.25) is 14.9 Å². The van der Waals surface area contributed by atoms with Crippen LogP contribution in [0.15, 0.2) is 36.4 Å². The van der Waals surface area contributed by atoms with Crippen LogP contribution in [0.2, 0.25) is 5.02 Å². The van der Waals surface area contributed by atoms with Crippen molar-refractivity contribution in [3.8, 4) is 0 Å². The Bertz CT molecular complexity index is 941. The molecule has 1 aliphatic rings. The van der Waals surface area contributed by atoms with Crippen LogP contribution < -0.4 is 10.2 Å². The fourth-order valence-corrected chi connectivity index (χ4v) is 3.37. The second kappa shape index (κ2) is 8.26. The van der Waals surface area contributed by atoms with Gasteiger partial charge in [0.05, 0.1) is 39.6 Å². The third-order valence-corrected chi connectivity index (χ3v) is 4.83. The maximum absolute atomic E-state index is 12.7. The van der Waals surface area contributed by atoms with E-state index in [1.165, 1.54) is 19.2 Å². The molecule has 2 aromatic rings. The lowest BCUT2D eigenvalue weighted by atomic mass is 10.1. The number of methoxy groups -OCH3 is 1. The molecular formula is C19H18ClN3O5. The Morgan fingerprint density at radius 3 is 2.50 bits per heavy atom. The number of amides is 1. The zero-order valence-electron chi connectivity index (χ0n) is 15.1. The first kappa shape index (κ1) is 19.6. The number of carbonyl (C=O) groups excluding carboxylic acids is 2. The number of nitro benzene ring substituents is 1. The highest BCUT2D eigenvalue weighted by atomic mass is 35.5. The number of nitrogens with zero attached hydrogens (tertiary/aromatic N) is 2. The van der Waals surface area contributed by atoms with Crippen molar-refractivity contribution < 1.29 is 19.2 Å². The first-order chi connectivity index (χ1) is 13.4. The van der Waals surface area contributed by atoms with Gasteiger partial charge in [0.15, 0.2) is 0 Å². The van der Waals surface area contributed by atoms with E-state index >= 15 is 0 Å². The summed E-state index contributed by atoms with van der Waals surface area (Å²) in [6, 6.07) is 8.61. The van der Waals surface area contributed by atoms with Crippen LogP contribution in [-0.4, -0.2) is 37.0 Å². The zero-order chi connectivity index (χ0) is 20.3. The average Bonchev–Trinajstić information content (AvgIpc) is 3.21.